The van der Waals surface area contributed by atoms with Gasteiger partial charge in [0.1, 0.15) is 0 Å². The van der Waals surface area contributed by atoms with Crippen LogP contribution in [0.2, 0.25) is 0 Å². The van der Waals surface area contributed by atoms with Gasteiger partial charge in [0.2, 0.25) is 0 Å². The second kappa shape index (κ2) is 9.13. The highest BCUT2D eigenvalue weighted by atomic mass is 32.1. The van der Waals surface area contributed by atoms with Crippen molar-refractivity contribution in [3.05, 3.63) is 66.5 Å². The van der Waals surface area contributed by atoms with Gasteiger partial charge in [-0.1, -0.05) is 36.4 Å². The molecule has 0 amide bonds. The van der Waals surface area contributed by atoms with E-state index in [9.17, 15) is 0 Å². The molecule has 94 valence electrons. The molecular formula is C14H17N3S. The van der Waals surface area contributed by atoms with Crippen molar-refractivity contribution in [2.75, 3.05) is 6.54 Å². The van der Waals surface area contributed by atoms with Crippen molar-refractivity contribution in [1.29, 1.82) is 0 Å². The minimum atomic E-state index is 0.367. The summed E-state index contributed by atoms with van der Waals surface area (Å²) in [4.78, 5) is 3.78. The molecule has 1 aromatic heterocycles. The van der Waals surface area contributed by atoms with Crippen LogP contribution in [-0.4, -0.2) is 16.6 Å². The van der Waals surface area contributed by atoms with Gasteiger partial charge in [0.25, 0.3) is 0 Å². The van der Waals surface area contributed by atoms with Gasteiger partial charge >= 0.3 is 0 Å². The summed E-state index contributed by atoms with van der Waals surface area (Å²) in [5.74, 6) is 0. The Morgan fingerprint density at radius 2 is 1.67 bits per heavy atom. The number of hydrogen-bond acceptors (Lipinski definition) is 2. The number of pyridine rings is 1. The van der Waals surface area contributed by atoms with Crippen LogP contribution in [0.4, 0.5) is 0 Å². The second-order valence-corrected chi connectivity index (χ2v) is 3.99. The molecule has 2 aromatic rings. The average Bonchev–Trinajstić information content (AvgIpc) is 2.42. The third-order valence-corrected chi connectivity index (χ3v) is 2.27. The molecule has 3 nitrogen and oxygen atoms in total. The maximum Gasteiger partial charge on any atom is 0.163 e. The van der Waals surface area contributed by atoms with Crippen molar-refractivity contribution >= 4 is 17.3 Å². The third kappa shape index (κ3) is 7.35. The lowest BCUT2D eigenvalue weighted by Crippen LogP contribution is -2.30. The summed E-state index contributed by atoms with van der Waals surface area (Å²) in [7, 11) is 0. The summed E-state index contributed by atoms with van der Waals surface area (Å²) in [6.07, 6.45) is 4.46. The first kappa shape index (κ1) is 14.1. The molecule has 0 unspecified atom stereocenters. The first-order valence-electron chi connectivity index (χ1n) is 5.71. The maximum absolute atomic E-state index is 5.28. The maximum atomic E-state index is 5.28. The molecule has 0 spiro atoms. The van der Waals surface area contributed by atoms with E-state index in [0.29, 0.717) is 5.11 Å². The minimum Gasteiger partial charge on any atom is -0.376 e. The number of aromatic nitrogens is 1. The highest BCUT2D eigenvalue weighted by Crippen LogP contribution is 1.97. The highest BCUT2D eigenvalue weighted by molar-refractivity contribution is 7.80. The quantitative estimate of drug-likeness (QED) is 0.829. The Morgan fingerprint density at radius 3 is 2.11 bits per heavy atom. The van der Waals surface area contributed by atoms with E-state index < -0.39 is 0 Å². The van der Waals surface area contributed by atoms with Crippen LogP contribution in [0.15, 0.2) is 60.9 Å². The van der Waals surface area contributed by atoms with Crippen molar-refractivity contribution in [1.82, 2.24) is 10.3 Å². The zero-order chi connectivity index (χ0) is 13.1. The van der Waals surface area contributed by atoms with Gasteiger partial charge in [-0.25, -0.2) is 0 Å². The van der Waals surface area contributed by atoms with Gasteiger partial charge in [0, 0.05) is 18.9 Å². The molecule has 0 aliphatic rings. The number of thiocarbonyl (C=S) groups is 1. The van der Waals surface area contributed by atoms with Gasteiger partial charge < -0.3 is 11.1 Å². The van der Waals surface area contributed by atoms with Crippen LogP contribution in [-0.2, 0) is 6.42 Å². The standard InChI is InChI=1S/C9H12N2S.C5H5N/c10-9(12)11-7-6-8-4-2-1-3-5-8;1-2-4-6-5-3-1/h1-5H,6-7H2,(H3,10,11,12);1-5H. The predicted octanol–water partition coefficient (Wildman–Crippen LogP) is 2.14. The number of nitrogens with two attached hydrogens (primary N) is 1. The van der Waals surface area contributed by atoms with Crippen LogP contribution < -0.4 is 11.1 Å². The lowest BCUT2D eigenvalue weighted by atomic mass is 10.1. The fourth-order valence-electron chi connectivity index (χ4n) is 1.29. The zero-order valence-electron chi connectivity index (χ0n) is 10.1. The molecule has 18 heavy (non-hydrogen) atoms. The topological polar surface area (TPSA) is 50.9 Å². The Bertz CT molecular complexity index is 405. The molecular weight excluding hydrogens is 242 g/mol. The first-order valence-corrected chi connectivity index (χ1v) is 6.12. The summed E-state index contributed by atoms with van der Waals surface area (Å²) in [5.41, 5.74) is 6.57. The molecule has 0 fully saturated rings. The molecule has 1 heterocycles. The van der Waals surface area contributed by atoms with E-state index in [1.165, 1.54) is 5.56 Å². The number of hydrogen-bond donors (Lipinski definition) is 2. The smallest absolute Gasteiger partial charge is 0.163 e. The van der Waals surface area contributed by atoms with Gasteiger partial charge in [0.05, 0.1) is 0 Å². The van der Waals surface area contributed by atoms with Gasteiger partial charge in [-0.2, -0.15) is 0 Å². The van der Waals surface area contributed by atoms with Crippen LogP contribution >= 0.6 is 12.2 Å². The Kier molecular flexibility index (Phi) is 7.16. The number of benzene rings is 1. The van der Waals surface area contributed by atoms with E-state index in [0.717, 1.165) is 13.0 Å². The van der Waals surface area contributed by atoms with E-state index in [2.05, 4.69) is 34.7 Å². The van der Waals surface area contributed by atoms with Crippen molar-refractivity contribution in [3.8, 4) is 0 Å². The van der Waals surface area contributed by atoms with Gasteiger partial charge in [-0.3, -0.25) is 4.98 Å². The molecule has 0 atom stereocenters. The summed E-state index contributed by atoms with van der Waals surface area (Å²) in [6.45, 7) is 0.805. The number of nitrogens with zero attached hydrogens (tertiary/aromatic N) is 1. The van der Waals surface area contributed by atoms with E-state index in [4.69, 9.17) is 5.73 Å². The predicted molar refractivity (Wildman–Crippen MR) is 79.2 cm³/mol. The Labute approximate surface area is 113 Å². The van der Waals surface area contributed by atoms with Gasteiger partial charge in [-0.05, 0) is 36.3 Å². The van der Waals surface area contributed by atoms with E-state index >= 15 is 0 Å². The van der Waals surface area contributed by atoms with Gasteiger partial charge in [0.15, 0.2) is 5.11 Å². The van der Waals surface area contributed by atoms with Crippen molar-refractivity contribution in [3.63, 3.8) is 0 Å². The van der Waals surface area contributed by atoms with Crippen LogP contribution in [0.5, 0.6) is 0 Å². The summed E-state index contributed by atoms with van der Waals surface area (Å²) >= 11 is 4.68. The molecule has 2 rings (SSSR count). The normalized spacial score (nSPS) is 8.89. The van der Waals surface area contributed by atoms with E-state index in [-0.39, 0.29) is 0 Å². The lowest BCUT2D eigenvalue weighted by molar-refractivity contribution is 0.869. The molecule has 0 radical (unpaired) electrons. The van der Waals surface area contributed by atoms with Crippen LogP contribution in [0.25, 0.3) is 0 Å². The van der Waals surface area contributed by atoms with Crippen molar-refractivity contribution in [2.24, 2.45) is 5.73 Å². The Hall–Kier alpha value is -1.94. The highest BCUT2D eigenvalue weighted by Gasteiger charge is 1.90. The fraction of sp³-hybridized carbons (Fsp3) is 0.143. The van der Waals surface area contributed by atoms with Crippen LogP contribution in [0.1, 0.15) is 5.56 Å². The summed E-state index contributed by atoms with van der Waals surface area (Å²) in [6, 6.07) is 15.9. The summed E-state index contributed by atoms with van der Waals surface area (Å²) < 4.78 is 0. The van der Waals surface area contributed by atoms with Crippen LogP contribution in [0, 0.1) is 0 Å². The Morgan fingerprint density at radius 1 is 1.06 bits per heavy atom. The second-order valence-electron chi connectivity index (χ2n) is 3.55. The zero-order valence-corrected chi connectivity index (χ0v) is 10.9. The average molecular weight is 259 g/mol. The number of nitrogens with one attached hydrogen (secondary N) is 1. The molecule has 0 bridgehead atoms. The molecule has 3 N–H and O–H groups in total. The molecule has 0 saturated heterocycles. The molecule has 0 saturated carbocycles. The van der Waals surface area contributed by atoms with Crippen molar-refractivity contribution < 1.29 is 0 Å². The lowest BCUT2D eigenvalue weighted by Gasteiger charge is -2.02. The SMILES string of the molecule is NC(=S)NCCc1ccccc1.c1ccncc1. The van der Waals surface area contributed by atoms with E-state index in [1.807, 2.05) is 36.4 Å². The molecule has 0 aliphatic heterocycles. The molecule has 0 aliphatic carbocycles. The largest absolute Gasteiger partial charge is 0.376 e. The fourth-order valence-corrected chi connectivity index (χ4v) is 1.39. The van der Waals surface area contributed by atoms with Crippen LogP contribution in [0.3, 0.4) is 0 Å². The monoisotopic (exact) mass is 259 g/mol. The van der Waals surface area contributed by atoms with Crippen molar-refractivity contribution in [2.45, 2.75) is 6.42 Å². The van der Waals surface area contributed by atoms with Gasteiger partial charge in [-0.15, -0.1) is 0 Å². The van der Waals surface area contributed by atoms with E-state index in [1.54, 1.807) is 12.4 Å². The molecule has 4 heteroatoms. The number of rotatable bonds is 3. The first-order chi connectivity index (χ1) is 8.79. The Balaban J connectivity index is 0.000000225. The summed E-state index contributed by atoms with van der Waals surface area (Å²) in [5, 5.41) is 3.27. The minimum absolute atomic E-state index is 0.367. The molecule has 1 aromatic carbocycles. The third-order valence-electron chi connectivity index (χ3n) is 2.12.